The highest BCUT2D eigenvalue weighted by molar-refractivity contribution is 6.13. The van der Waals surface area contributed by atoms with Gasteiger partial charge in [-0.05, 0) is 49.7 Å². The number of nitriles is 1. The average Bonchev–Trinajstić information content (AvgIpc) is 2.86. The summed E-state index contributed by atoms with van der Waals surface area (Å²) in [5.41, 5.74) is -0.629. The van der Waals surface area contributed by atoms with Gasteiger partial charge in [0.25, 0.3) is 0 Å². The SMILES string of the molecule is C=CCOC(=O)C1C(=O)N(c2cccc(C(F)(F)F)c2)C(C)=C(C(=O)OCC)C1c1ccc(C#N)cc1. The highest BCUT2D eigenvalue weighted by Gasteiger charge is 2.49. The van der Waals surface area contributed by atoms with Crippen LogP contribution in [0.25, 0.3) is 0 Å². The van der Waals surface area contributed by atoms with Gasteiger partial charge in [0, 0.05) is 17.3 Å². The number of hydrogen-bond donors (Lipinski definition) is 0. The molecule has 3 rings (SSSR count). The lowest BCUT2D eigenvalue weighted by Gasteiger charge is -2.38. The van der Waals surface area contributed by atoms with E-state index in [9.17, 15) is 27.6 Å². The minimum atomic E-state index is -4.69. The number of carbonyl (C=O) groups is 3. The van der Waals surface area contributed by atoms with E-state index < -0.39 is 41.4 Å². The first-order valence-electron chi connectivity index (χ1n) is 11.2. The quantitative estimate of drug-likeness (QED) is 0.298. The molecule has 1 aliphatic rings. The lowest BCUT2D eigenvalue weighted by Crippen LogP contribution is -2.48. The number of ether oxygens (including phenoxy) is 2. The standard InChI is InChI=1S/C27H23F3N2O5/c1-4-13-37-26(35)23-22(18-11-9-17(15-31)10-12-18)21(25(34)36-5-2)16(3)32(24(23)33)20-8-6-7-19(14-20)27(28,29)30/h4,6-12,14,22-23H,1,5,13H2,2-3H3. The molecular formula is C27H23F3N2O5. The number of esters is 2. The molecular weight excluding hydrogens is 489 g/mol. The third kappa shape index (κ3) is 5.56. The number of rotatable bonds is 7. The molecule has 0 saturated heterocycles. The van der Waals surface area contributed by atoms with Gasteiger partial charge >= 0.3 is 18.1 Å². The van der Waals surface area contributed by atoms with Crippen LogP contribution in [0, 0.1) is 17.2 Å². The van der Waals surface area contributed by atoms with Crippen LogP contribution in [0.1, 0.15) is 36.5 Å². The van der Waals surface area contributed by atoms with Crippen LogP contribution in [0.4, 0.5) is 18.9 Å². The van der Waals surface area contributed by atoms with Crippen molar-refractivity contribution in [2.45, 2.75) is 25.9 Å². The van der Waals surface area contributed by atoms with Crippen molar-refractivity contribution in [3.05, 3.63) is 89.1 Å². The number of nitrogens with zero attached hydrogens (tertiary/aromatic N) is 2. The second-order valence-electron chi connectivity index (χ2n) is 8.05. The van der Waals surface area contributed by atoms with Gasteiger partial charge in [-0.15, -0.1) is 0 Å². The molecule has 0 aromatic heterocycles. The summed E-state index contributed by atoms with van der Waals surface area (Å²) >= 11 is 0. The Kier molecular flexibility index (Phi) is 8.17. The molecule has 0 bridgehead atoms. The van der Waals surface area contributed by atoms with Gasteiger partial charge in [-0.2, -0.15) is 18.4 Å². The van der Waals surface area contributed by atoms with E-state index in [2.05, 4.69) is 6.58 Å². The minimum Gasteiger partial charge on any atom is -0.463 e. The van der Waals surface area contributed by atoms with E-state index in [1.54, 1.807) is 6.92 Å². The lowest BCUT2D eigenvalue weighted by atomic mass is 9.75. The Balaban J connectivity index is 2.30. The number of halogens is 3. The molecule has 2 unspecified atom stereocenters. The molecule has 37 heavy (non-hydrogen) atoms. The van der Waals surface area contributed by atoms with E-state index >= 15 is 0 Å². The van der Waals surface area contributed by atoms with Crippen molar-refractivity contribution in [1.29, 1.82) is 5.26 Å². The molecule has 0 N–H and O–H groups in total. The number of carbonyl (C=O) groups excluding carboxylic acids is 3. The van der Waals surface area contributed by atoms with Crippen LogP contribution in [0.5, 0.6) is 0 Å². The van der Waals surface area contributed by atoms with Crippen molar-refractivity contribution in [2.75, 3.05) is 18.1 Å². The zero-order valence-corrected chi connectivity index (χ0v) is 20.0. The van der Waals surface area contributed by atoms with E-state index in [-0.39, 0.29) is 30.2 Å². The number of benzene rings is 2. The van der Waals surface area contributed by atoms with Crippen LogP contribution in [0.2, 0.25) is 0 Å². The first-order valence-corrected chi connectivity index (χ1v) is 11.2. The van der Waals surface area contributed by atoms with Gasteiger partial charge in [0.1, 0.15) is 12.5 Å². The number of amides is 1. The second kappa shape index (κ2) is 11.1. The number of hydrogen-bond acceptors (Lipinski definition) is 6. The van der Waals surface area contributed by atoms with Crippen molar-refractivity contribution < 1.29 is 37.0 Å². The molecule has 0 fully saturated rings. The van der Waals surface area contributed by atoms with E-state index in [4.69, 9.17) is 14.7 Å². The van der Waals surface area contributed by atoms with Gasteiger partial charge in [0.15, 0.2) is 0 Å². The Bertz CT molecular complexity index is 1290. The Hall–Kier alpha value is -4.39. The molecule has 2 aromatic rings. The van der Waals surface area contributed by atoms with Crippen molar-refractivity contribution >= 4 is 23.5 Å². The van der Waals surface area contributed by atoms with Crippen LogP contribution in [-0.4, -0.2) is 31.1 Å². The van der Waals surface area contributed by atoms with Gasteiger partial charge in [-0.1, -0.05) is 30.9 Å². The van der Waals surface area contributed by atoms with Crippen LogP contribution in [-0.2, 0) is 30.0 Å². The maximum Gasteiger partial charge on any atom is 0.416 e. The summed E-state index contributed by atoms with van der Waals surface area (Å²) in [5, 5.41) is 9.15. The molecule has 192 valence electrons. The monoisotopic (exact) mass is 512 g/mol. The van der Waals surface area contributed by atoms with Crippen LogP contribution in [0.15, 0.2) is 72.5 Å². The van der Waals surface area contributed by atoms with Crippen LogP contribution < -0.4 is 4.90 Å². The lowest BCUT2D eigenvalue weighted by molar-refractivity contribution is -0.152. The van der Waals surface area contributed by atoms with E-state index in [1.807, 2.05) is 6.07 Å². The largest absolute Gasteiger partial charge is 0.463 e. The summed E-state index contributed by atoms with van der Waals surface area (Å²) in [6, 6.07) is 11.9. The summed E-state index contributed by atoms with van der Waals surface area (Å²) in [5.74, 6) is -5.54. The number of allylic oxidation sites excluding steroid dienone is 1. The van der Waals surface area contributed by atoms with Crippen molar-refractivity contribution in [3.63, 3.8) is 0 Å². The third-order valence-electron chi connectivity index (χ3n) is 5.78. The summed E-state index contributed by atoms with van der Waals surface area (Å²) in [4.78, 5) is 41.1. The van der Waals surface area contributed by atoms with E-state index in [0.717, 1.165) is 23.1 Å². The summed E-state index contributed by atoms with van der Waals surface area (Å²) in [7, 11) is 0. The Labute approximate surface area is 211 Å². The van der Waals surface area contributed by atoms with E-state index in [0.29, 0.717) is 11.1 Å². The molecule has 10 heteroatoms. The smallest absolute Gasteiger partial charge is 0.416 e. The Morgan fingerprint density at radius 2 is 1.84 bits per heavy atom. The van der Waals surface area contributed by atoms with Gasteiger partial charge in [-0.25, -0.2) is 4.79 Å². The molecule has 1 aliphatic heterocycles. The third-order valence-corrected chi connectivity index (χ3v) is 5.78. The fraction of sp³-hybridized carbons (Fsp3) is 0.259. The highest BCUT2D eigenvalue weighted by atomic mass is 19.4. The van der Waals surface area contributed by atoms with Gasteiger partial charge in [-0.3, -0.25) is 14.5 Å². The fourth-order valence-electron chi connectivity index (χ4n) is 4.18. The topological polar surface area (TPSA) is 96.7 Å². The van der Waals surface area contributed by atoms with E-state index in [1.165, 1.54) is 43.3 Å². The molecule has 0 radical (unpaired) electrons. The molecule has 2 atom stereocenters. The molecule has 1 amide bonds. The first-order chi connectivity index (χ1) is 17.5. The molecule has 0 spiro atoms. The van der Waals surface area contributed by atoms with Crippen LogP contribution >= 0.6 is 0 Å². The van der Waals surface area contributed by atoms with Crippen LogP contribution in [0.3, 0.4) is 0 Å². The predicted molar refractivity (Wildman–Crippen MR) is 127 cm³/mol. The van der Waals surface area contributed by atoms with Gasteiger partial charge in [0.05, 0.1) is 29.4 Å². The highest BCUT2D eigenvalue weighted by Crippen LogP contribution is 2.44. The maximum absolute atomic E-state index is 13.8. The minimum absolute atomic E-state index is 0.00454. The average molecular weight is 512 g/mol. The zero-order valence-electron chi connectivity index (χ0n) is 20.0. The van der Waals surface area contributed by atoms with Gasteiger partial charge < -0.3 is 9.47 Å². The predicted octanol–water partition coefficient (Wildman–Crippen LogP) is 4.89. The zero-order chi connectivity index (χ0) is 27.3. The number of anilines is 1. The first kappa shape index (κ1) is 27.2. The molecule has 0 aliphatic carbocycles. The molecule has 7 nitrogen and oxygen atoms in total. The normalized spacial score (nSPS) is 17.7. The van der Waals surface area contributed by atoms with Crippen molar-refractivity contribution in [1.82, 2.24) is 0 Å². The molecule has 2 aromatic carbocycles. The molecule has 1 heterocycles. The second-order valence-corrected chi connectivity index (χ2v) is 8.05. The van der Waals surface area contributed by atoms with Crippen molar-refractivity contribution in [2.24, 2.45) is 5.92 Å². The fourth-order valence-corrected chi connectivity index (χ4v) is 4.18. The van der Waals surface area contributed by atoms with Crippen molar-refractivity contribution in [3.8, 4) is 6.07 Å². The summed E-state index contributed by atoms with van der Waals surface area (Å²) in [6.45, 7) is 6.18. The summed E-state index contributed by atoms with van der Waals surface area (Å²) in [6.07, 6.45) is -3.40. The maximum atomic E-state index is 13.8. The van der Waals surface area contributed by atoms with Gasteiger partial charge in [0.2, 0.25) is 5.91 Å². The Morgan fingerprint density at radius 1 is 1.16 bits per heavy atom. The molecule has 0 saturated carbocycles. The Morgan fingerprint density at radius 3 is 2.41 bits per heavy atom. The summed E-state index contributed by atoms with van der Waals surface area (Å²) < 4.78 is 50.7. The number of alkyl halides is 3.